The van der Waals surface area contributed by atoms with Crippen LogP contribution in [0.4, 0.5) is 0 Å². The number of thioether (sulfide) groups is 1. The highest BCUT2D eigenvalue weighted by molar-refractivity contribution is 7.99. The van der Waals surface area contributed by atoms with Crippen LogP contribution in [0.5, 0.6) is 0 Å². The summed E-state index contributed by atoms with van der Waals surface area (Å²) in [7, 11) is 0. The van der Waals surface area contributed by atoms with E-state index in [1.54, 1.807) is 6.21 Å². The van der Waals surface area contributed by atoms with E-state index in [1.807, 2.05) is 84.3 Å². The van der Waals surface area contributed by atoms with E-state index in [0.29, 0.717) is 5.16 Å². The maximum atomic E-state index is 12.2. The Kier molecular flexibility index (Phi) is 7.09. The fraction of sp³-hybridized carbons (Fsp3) is 0.120. The molecule has 1 N–H and O–H groups in total. The van der Waals surface area contributed by atoms with Gasteiger partial charge in [0.1, 0.15) is 0 Å². The molecule has 7 heteroatoms. The molecule has 1 aromatic heterocycles. The van der Waals surface area contributed by atoms with Crippen molar-refractivity contribution in [3.63, 3.8) is 0 Å². The Morgan fingerprint density at radius 2 is 1.53 bits per heavy atom. The maximum absolute atomic E-state index is 12.2. The van der Waals surface area contributed by atoms with Gasteiger partial charge in [-0.05, 0) is 23.6 Å². The summed E-state index contributed by atoms with van der Waals surface area (Å²) in [5.74, 6) is 0.809. The minimum Gasteiger partial charge on any atom is -0.302 e. The summed E-state index contributed by atoms with van der Waals surface area (Å²) >= 11 is 1.34. The summed E-state index contributed by atoms with van der Waals surface area (Å²) in [6.07, 6.45) is 1.64. The molecular weight excluding hydrogens is 418 g/mol. The predicted octanol–water partition coefficient (Wildman–Crippen LogP) is 4.87. The maximum Gasteiger partial charge on any atom is 0.250 e. The quantitative estimate of drug-likeness (QED) is 0.240. The number of amides is 1. The van der Waals surface area contributed by atoms with E-state index in [-0.39, 0.29) is 11.7 Å². The van der Waals surface area contributed by atoms with Crippen LogP contribution < -0.4 is 5.43 Å². The molecule has 0 aliphatic carbocycles. The molecule has 1 heterocycles. The molecule has 3 aromatic carbocycles. The fourth-order valence-electron chi connectivity index (χ4n) is 3.21. The smallest absolute Gasteiger partial charge is 0.250 e. The summed E-state index contributed by atoms with van der Waals surface area (Å²) in [6, 6.07) is 28.1. The van der Waals surface area contributed by atoms with Crippen LogP contribution in [-0.2, 0) is 11.3 Å². The molecular formula is C25H23N5OS. The zero-order chi connectivity index (χ0) is 22.2. The zero-order valence-electron chi connectivity index (χ0n) is 17.7. The number of nitrogens with zero attached hydrogens (tertiary/aromatic N) is 4. The van der Waals surface area contributed by atoms with Gasteiger partial charge in [0.05, 0.1) is 12.0 Å². The average Bonchev–Trinajstić information content (AvgIpc) is 3.27. The molecule has 0 atom stereocenters. The Hall–Kier alpha value is -3.71. The lowest BCUT2D eigenvalue weighted by atomic mass is 10.0. The van der Waals surface area contributed by atoms with Gasteiger partial charge in [0, 0.05) is 12.1 Å². The molecule has 0 saturated heterocycles. The lowest BCUT2D eigenvalue weighted by molar-refractivity contribution is -0.118. The van der Waals surface area contributed by atoms with Gasteiger partial charge in [0.15, 0.2) is 11.0 Å². The lowest BCUT2D eigenvalue weighted by Gasteiger charge is -2.06. The van der Waals surface area contributed by atoms with Gasteiger partial charge < -0.3 is 4.57 Å². The molecule has 0 radical (unpaired) electrons. The van der Waals surface area contributed by atoms with Crippen molar-refractivity contribution in [3.05, 3.63) is 90.5 Å². The van der Waals surface area contributed by atoms with Crippen LogP contribution >= 0.6 is 11.8 Å². The molecule has 4 rings (SSSR count). The highest BCUT2D eigenvalue weighted by Crippen LogP contribution is 2.23. The van der Waals surface area contributed by atoms with E-state index < -0.39 is 0 Å². The summed E-state index contributed by atoms with van der Waals surface area (Å²) in [5.41, 5.74) is 6.79. The Labute approximate surface area is 191 Å². The van der Waals surface area contributed by atoms with Crippen LogP contribution in [-0.4, -0.2) is 32.6 Å². The van der Waals surface area contributed by atoms with Gasteiger partial charge in [-0.1, -0.05) is 96.7 Å². The standard InChI is InChI=1S/C25H23N5OS/c1-2-30-24(22-11-7-4-8-12-22)28-29-25(30)32-18-23(31)27-26-17-19-13-15-21(16-14-19)20-9-5-3-6-10-20/h3-17H,2,18H2,1H3,(H,27,31)/b26-17-. The van der Waals surface area contributed by atoms with Crippen LogP contribution in [0.15, 0.2) is 95.2 Å². The predicted molar refractivity (Wildman–Crippen MR) is 129 cm³/mol. The first kappa shape index (κ1) is 21.5. The van der Waals surface area contributed by atoms with Crippen molar-refractivity contribution in [1.82, 2.24) is 20.2 Å². The lowest BCUT2D eigenvalue weighted by Crippen LogP contribution is -2.20. The van der Waals surface area contributed by atoms with Crippen LogP contribution in [0.2, 0.25) is 0 Å². The van der Waals surface area contributed by atoms with Gasteiger partial charge in [-0.3, -0.25) is 4.79 Å². The molecule has 0 fully saturated rings. The Balaban J connectivity index is 1.31. The van der Waals surface area contributed by atoms with Gasteiger partial charge in [0.25, 0.3) is 5.91 Å². The van der Waals surface area contributed by atoms with Crippen molar-refractivity contribution in [2.24, 2.45) is 5.10 Å². The van der Waals surface area contributed by atoms with Crippen molar-refractivity contribution in [2.45, 2.75) is 18.6 Å². The van der Waals surface area contributed by atoms with E-state index in [4.69, 9.17) is 0 Å². The molecule has 0 aliphatic heterocycles. The first-order chi connectivity index (χ1) is 15.7. The van der Waals surface area contributed by atoms with Gasteiger partial charge in [-0.2, -0.15) is 5.10 Å². The van der Waals surface area contributed by atoms with Crippen molar-refractivity contribution in [1.29, 1.82) is 0 Å². The first-order valence-corrected chi connectivity index (χ1v) is 11.3. The summed E-state index contributed by atoms with van der Waals surface area (Å²) in [5, 5.41) is 13.3. The molecule has 0 aliphatic rings. The number of benzene rings is 3. The third kappa shape index (κ3) is 5.31. The molecule has 0 unspecified atom stereocenters. The number of carbonyl (C=O) groups excluding carboxylic acids is 1. The molecule has 4 aromatic rings. The summed E-state index contributed by atoms with van der Waals surface area (Å²) in [6.45, 7) is 2.76. The molecule has 0 bridgehead atoms. The highest BCUT2D eigenvalue weighted by atomic mass is 32.2. The minimum absolute atomic E-state index is 0.195. The Bertz CT molecular complexity index is 1190. The van der Waals surface area contributed by atoms with Crippen LogP contribution in [0.1, 0.15) is 12.5 Å². The number of hydrogen-bond acceptors (Lipinski definition) is 5. The van der Waals surface area contributed by atoms with Gasteiger partial charge in [-0.25, -0.2) is 5.43 Å². The van der Waals surface area contributed by atoms with Crippen molar-refractivity contribution in [3.8, 4) is 22.5 Å². The van der Waals surface area contributed by atoms with Crippen molar-refractivity contribution >= 4 is 23.9 Å². The molecule has 32 heavy (non-hydrogen) atoms. The SMILES string of the molecule is CCn1c(SCC(=O)N/N=C\c2ccc(-c3ccccc3)cc2)nnc1-c1ccccc1. The summed E-state index contributed by atoms with van der Waals surface area (Å²) in [4.78, 5) is 12.2. The van der Waals surface area contributed by atoms with Crippen LogP contribution in [0.25, 0.3) is 22.5 Å². The van der Waals surface area contributed by atoms with Gasteiger partial charge in [-0.15, -0.1) is 10.2 Å². The van der Waals surface area contributed by atoms with Gasteiger partial charge in [0.2, 0.25) is 0 Å². The van der Waals surface area contributed by atoms with E-state index in [1.165, 1.54) is 11.8 Å². The first-order valence-electron chi connectivity index (χ1n) is 10.3. The third-order valence-electron chi connectivity index (χ3n) is 4.82. The average molecular weight is 442 g/mol. The molecule has 0 spiro atoms. The van der Waals surface area contributed by atoms with E-state index >= 15 is 0 Å². The fourth-order valence-corrected chi connectivity index (χ4v) is 4.01. The van der Waals surface area contributed by atoms with Crippen molar-refractivity contribution in [2.75, 3.05) is 5.75 Å². The second-order valence-corrected chi connectivity index (χ2v) is 7.93. The number of hydrazone groups is 1. The van der Waals surface area contributed by atoms with E-state index in [0.717, 1.165) is 34.6 Å². The van der Waals surface area contributed by atoms with E-state index in [2.05, 4.69) is 32.9 Å². The molecule has 160 valence electrons. The molecule has 1 amide bonds. The second-order valence-electron chi connectivity index (χ2n) is 6.99. The topological polar surface area (TPSA) is 72.2 Å². The zero-order valence-corrected chi connectivity index (χ0v) is 18.5. The monoisotopic (exact) mass is 441 g/mol. The minimum atomic E-state index is -0.195. The normalized spacial score (nSPS) is 11.0. The largest absolute Gasteiger partial charge is 0.302 e. The van der Waals surface area contributed by atoms with Crippen molar-refractivity contribution < 1.29 is 4.79 Å². The molecule has 0 saturated carbocycles. The number of rotatable bonds is 8. The summed E-state index contributed by atoms with van der Waals surface area (Å²) < 4.78 is 2.00. The number of carbonyl (C=O) groups is 1. The van der Waals surface area contributed by atoms with E-state index in [9.17, 15) is 4.79 Å². The third-order valence-corrected chi connectivity index (χ3v) is 5.78. The second kappa shape index (κ2) is 10.5. The number of nitrogens with one attached hydrogen (secondary N) is 1. The highest BCUT2D eigenvalue weighted by Gasteiger charge is 2.14. The van der Waals surface area contributed by atoms with Crippen LogP contribution in [0.3, 0.4) is 0 Å². The number of hydrogen-bond donors (Lipinski definition) is 1. The Morgan fingerprint density at radius 1 is 0.906 bits per heavy atom. The molecule has 6 nitrogen and oxygen atoms in total. The Morgan fingerprint density at radius 3 is 2.19 bits per heavy atom. The number of aromatic nitrogens is 3. The van der Waals surface area contributed by atoms with Crippen LogP contribution in [0, 0.1) is 0 Å². The van der Waals surface area contributed by atoms with Gasteiger partial charge >= 0.3 is 0 Å².